The first-order chi connectivity index (χ1) is 12.2. The highest BCUT2D eigenvalue weighted by molar-refractivity contribution is 7.14. The van der Waals surface area contributed by atoms with E-state index in [1.165, 1.54) is 11.3 Å². The van der Waals surface area contributed by atoms with Crippen LogP contribution in [0.2, 0.25) is 0 Å². The molecule has 1 atom stereocenters. The van der Waals surface area contributed by atoms with Crippen LogP contribution in [0.25, 0.3) is 11.3 Å². The molecule has 1 aromatic carbocycles. The van der Waals surface area contributed by atoms with E-state index in [-0.39, 0.29) is 12.0 Å². The standard InChI is InChI=1S/C19H18N2O3S/c1-12-17(13-6-3-2-4-7-13)21-24-19(12)20-18(22)16-10-9-15(25-16)14-8-5-11-23-14/h2-4,6-7,9-10,14H,5,8,11H2,1H3,(H,20,22). The summed E-state index contributed by atoms with van der Waals surface area (Å²) in [5.41, 5.74) is 2.51. The predicted molar refractivity (Wildman–Crippen MR) is 96.9 cm³/mol. The van der Waals surface area contributed by atoms with Gasteiger partial charge in [-0.2, -0.15) is 0 Å². The normalized spacial score (nSPS) is 16.9. The summed E-state index contributed by atoms with van der Waals surface area (Å²) >= 11 is 1.47. The molecule has 5 nitrogen and oxygen atoms in total. The number of nitrogens with one attached hydrogen (secondary N) is 1. The third-order valence-electron chi connectivity index (χ3n) is 4.30. The predicted octanol–water partition coefficient (Wildman–Crippen LogP) is 4.82. The molecular formula is C19H18N2O3S. The molecule has 25 heavy (non-hydrogen) atoms. The van der Waals surface area contributed by atoms with Gasteiger partial charge < -0.3 is 9.26 Å². The van der Waals surface area contributed by atoms with Crippen LogP contribution in [0, 0.1) is 6.92 Å². The van der Waals surface area contributed by atoms with E-state index in [4.69, 9.17) is 9.26 Å². The molecule has 1 aliphatic heterocycles. The molecule has 1 unspecified atom stereocenters. The summed E-state index contributed by atoms with van der Waals surface area (Å²) in [4.78, 5) is 14.3. The fourth-order valence-electron chi connectivity index (χ4n) is 2.93. The van der Waals surface area contributed by atoms with E-state index in [1.54, 1.807) is 0 Å². The highest BCUT2D eigenvalue weighted by atomic mass is 32.1. The van der Waals surface area contributed by atoms with Gasteiger partial charge in [0.25, 0.3) is 5.91 Å². The molecule has 4 rings (SSSR count). The lowest BCUT2D eigenvalue weighted by Crippen LogP contribution is -2.10. The number of benzene rings is 1. The zero-order chi connectivity index (χ0) is 17.2. The lowest BCUT2D eigenvalue weighted by Gasteiger charge is -2.05. The Balaban J connectivity index is 1.51. The van der Waals surface area contributed by atoms with E-state index in [9.17, 15) is 4.79 Å². The van der Waals surface area contributed by atoms with E-state index in [0.29, 0.717) is 10.8 Å². The monoisotopic (exact) mass is 354 g/mol. The van der Waals surface area contributed by atoms with Gasteiger partial charge in [-0.3, -0.25) is 10.1 Å². The molecule has 1 saturated heterocycles. The quantitative estimate of drug-likeness (QED) is 0.730. The van der Waals surface area contributed by atoms with Crippen molar-refractivity contribution in [3.8, 4) is 11.3 Å². The summed E-state index contributed by atoms with van der Waals surface area (Å²) in [5, 5.41) is 6.92. The van der Waals surface area contributed by atoms with Crippen LogP contribution in [0.15, 0.2) is 47.0 Å². The molecule has 0 radical (unpaired) electrons. The van der Waals surface area contributed by atoms with Gasteiger partial charge in [-0.25, -0.2) is 0 Å². The fraction of sp³-hybridized carbons (Fsp3) is 0.263. The Kier molecular flexibility index (Phi) is 4.38. The highest BCUT2D eigenvalue weighted by Gasteiger charge is 2.22. The van der Waals surface area contributed by atoms with Crippen LogP contribution >= 0.6 is 11.3 Å². The Bertz CT molecular complexity index is 879. The minimum Gasteiger partial charge on any atom is -0.373 e. The first kappa shape index (κ1) is 16.1. The summed E-state index contributed by atoms with van der Waals surface area (Å²) < 4.78 is 11.0. The first-order valence-electron chi connectivity index (χ1n) is 8.27. The van der Waals surface area contributed by atoms with Gasteiger partial charge in [0.15, 0.2) is 0 Å². The molecule has 1 fully saturated rings. The van der Waals surface area contributed by atoms with Crippen LogP contribution in [-0.2, 0) is 4.74 Å². The van der Waals surface area contributed by atoms with Gasteiger partial charge in [0.2, 0.25) is 5.88 Å². The Morgan fingerprint density at radius 2 is 2.08 bits per heavy atom. The van der Waals surface area contributed by atoms with E-state index >= 15 is 0 Å². The molecule has 128 valence electrons. The van der Waals surface area contributed by atoms with E-state index in [0.717, 1.165) is 41.1 Å². The van der Waals surface area contributed by atoms with Crippen LogP contribution in [-0.4, -0.2) is 17.7 Å². The van der Waals surface area contributed by atoms with E-state index in [2.05, 4.69) is 10.5 Å². The van der Waals surface area contributed by atoms with Crippen molar-refractivity contribution in [2.24, 2.45) is 0 Å². The van der Waals surface area contributed by atoms with Gasteiger partial charge >= 0.3 is 0 Å². The molecule has 1 N–H and O–H groups in total. The average molecular weight is 354 g/mol. The summed E-state index contributed by atoms with van der Waals surface area (Å²) in [6, 6.07) is 13.6. The molecule has 0 bridgehead atoms. The van der Waals surface area contributed by atoms with Gasteiger partial charge in [-0.15, -0.1) is 11.3 Å². The Hall–Kier alpha value is -2.44. The lowest BCUT2D eigenvalue weighted by molar-refractivity contribution is 0.102. The number of aromatic nitrogens is 1. The van der Waals surface area contributed by atoms with Gasteiger partial charge in [0.05, 0.1) is 11.0 Å². The topological polar surface area (TPSA) is 64.4 Å². The summed E-state index contributed by atoms with van der Waals surface area (Å²) in [5.74, 6) is 0.198. The smallest absolute Gasteiger partial charge is 0.268 e. The maximum absolute atomic E-state index is 12.5. The molecule has 1 amide bonds. The van der Waals surface area contributed by atoms with Crippen molar-refractivity contribution in [1.82, 2.24) is 5.16 Å². The Morgan fingerprint density at radius 3 is 2.84 bits per heavy atom. The van der Waals surface area contributed by atoms with Crippen molar-refractivity contribution in [3.63, 3.8) is 0 Å². The van der Waals surface area contributed by atoms with Gasteiger partial charge in [-0.05, 0) is 31.9 Å². The highest BCUT2D eigenvalue weighted by Crippen LogP contribution is 2.34. The Morgan fingerprint density at radius 1 is 1.24 bits per heavy atom. The Labute approximate surface area is 149 Å². The number of hydrogen-bond acceptors (Lipinski definition) is 5. The second-order valence-electron chi connectivity index (χ2n) is 6.01. The molecule has 0 spiro atoms. The van der Waals surface area contributed by atoms with Gasteiger partial charge in [0, 0.05) is 22.6 Å². The van der Waals surface area contributed by atoms with Crippen LogP contribution in [0.5, 0.6) is 0 Å². The molecule has 2 aromatic heterocycles. The lowest BCUT2D eigenvalue weighted by atomic mass is 10.1. The maximum Gasteiger partial charge on any atom is 0.268 e. The minimum atomic E-state index is -0.187. The van der Waals surface area contributed by atoms with Crippen LogP contribution < -0.4 is 5.32 Å². The number of carbonyl (C=O) groups excluding carboxylic acids is 1. The van der Waals surface area contributed by atoms with Crippen molar-refractivity contribution in [1.29, 1.82) is 0 Å². The second kappa shape index (κ2) is 6.82. The molecular weight excluding hydrogens is 336 g/mol. The SMILES string of the molecule is Cc1c(-c2ccccc2)noc1NC(=O)c1ccc(C2CCCO2)s1. The molecule has 1 aliphatic rings. The van der Waals surface area contributed by atoms with Gasteiger partial charge in [0.1, 0.15) is 5.69 Å². The fourth-order valence-corrected chi connectivity index (χ4v) is 3.92. The molecule has 0 aliphatic carbocycles. The molecule has 3 aromatic rings. The maximum atomic E-state index is 12.5. The number of nitrogens with zero attached hydrogens (tertiary/aromatic N) is 1. The third-order valence-corrected chi connectivity index (χ3v) is 5.47. The number of ether oxygens (including phenoxy) is 1. The van der Waals surface area contributed by atoms with Crippen LogP contribution in [0.1, 0.15) is 39.1 Å². The van der Waals surface area contributed by atoms with Gasteiger partial charge in [-0.1, -0.05) is 35.5 Å². The number of carbonyl (C=O) groups is 1. The number of anilines is 1. The molecule has 0 saturated carbocycles. The van der Waals surface area contributed by atoms with E-state index < -0.39 is 0 Å². The second-order valence-corrected chi connectivity index (χ2v) is 7.12. The summed E-state index contributed by atoms with van der Waals surface area (Å²) in [6.45, 7) is 2.68. The number of rotatable bonds is 4. The van der Waals surface area contributed by atoms with Crippen molar-refractivity contribution in [3.05, 3.63) is 57.8 Å². The first-order valence-corrected chi connectivity index (χ1v) is 9.08. The number of hydrogen-bond donors (Lipinski definition) is 1. The molecule has 3 heterocycles. The van der Waals surface area contributed by atoms with Crippen molar-refractivity contribution in [2.75, 3.05) is 11.9 Å². The average Bonchev–Trinajstić information content (AvgIpc) is 3.37. The summed E-state index contributed by atoms with van der Waals surface area (Å²) in [7, 11) is 0. The number of thiophene rings is 1. The van der Waals surface area contributed by atoms with Crippen LogP contribution in [0.4, 0.5) is 5.88 Å². The minimum absolute atomic E-state index is 0.128. The zero-order valence-corrected chi connectivity index (χ0v) is 14.6. The third kappa shape index (κ3) is 3.23. The van der Waals surface area contributed by atoms with Crippen molar-refractivity contribution < 1.29 is 14.1 Å². The summed E-state index contributed by atoms with van der Waals surface area (Å²) in [6.07, 6.45) is 2.22. The van der Waals surface area contributed by atoms with Crippen LogP contribution in [0.3, 0.4) is 0 Å². The van der Waals surface area contributed by atoms with Crippen molar-refractivity contribution in [2.45, 2.75) is 25.9 Å². The van der Waals surface area contributed by atoms with E-state index in [1.807, 2.05) is 49.4 Å². The molecule has 6 heteroatoms. The largest absolute Gasteiger partial charge is 0.373 e. The number of amides is 1. The zero-order valence-electron chi connectivity index (χ0n) is 13.8. The van der Waals surface area contributed by atoms with Crippen molar-refractivity contribution >= 4 is 23.1 Å².